The van der Waals surface area contributed by atoms with E-state index in [0.717, 1.165) is 12.3 Å². The van der Waals surface area contributed by atoms with Gasteiger partial charge in [0, 0.05) is 11.8 Å². The lowest BCUT2D eigenvalue weighted by Crippen LogP contribution is -2.60. The molecule has 0 aromatic carbocycles. The second kappa shape index (κ2) is 5.89. The Hall–Kier alpha value is -0.860. The number of carboxylic acid groups (broad SMARTS) is 1. The zero-order valence-electron chi connectivity index (χ0n) is 10.1. The van der Waals surface area contributed by atoms with Crippen LogP contribution in [0.3, 0.4) is 0 Å². The lowest BCUT2D eigenvalue weighted by Gasteiger charge is -2.59. The van der Waals surface area contributed by atoms with Gasteiger partial charge in [-0.25, -0.2) is 0 Å². The van der Waals surface area contributed by atoms with Crippen molar-refractivity contribution in [3.05, 3.63) is 0 Å². The van der Waals surface area contributed by atoms with Gasteiger partial charge in [0.05, 0.1) is 0 Å². The lowest BCUT2D eigenvalue weighted by molar-refractivity contribution is -0.168. The van der Waals surface area contributed by atoms with Gasteiger partial charge in [-0.3, -0.25) is 9.59 Å². The molecule has 0 amide bonds. The Morgan fingerprint density at radius 3 is 2.00 bits per heavy atom. The van der Waals surface area contributed by atoms with Gasteiger partial charge in [-0.15, -0.1) is 0 Å². The quantitative estimate of drug-likeness (QED) is 0.683. The third kappa shape index (κ3) is 2.21. The van der Waals surface area contributed by atoms with E-state index in [-0.39, 0.29) is 11.9 Å². The molecule has 2 rings (SSSR count). The SMILES string of the molecule is CC.CC(C)C12CCC1CC2=O.O=CO. The Bertz CT molecular complexity index is 219. The van der Waals surface area contributed by atoms with Crippen molar-refractivity contribution in [2.45, 2.75) is 47.0 Å². The first-order valence-corrected chi connectivity index (χ1v) is 5.70. The fourth-order valence-electron chi connectivity index (χ4n) is 2.68. The summed E-state index contributed by atoms with van der Waals surface area (Å²) in [7, 11) is 0. The van der Waals surface area contributed by atoms with E-state index in [1.54, 1.807) is 0 Å². The molecule has 2 atom stereocenters. The van der Waals surface area contributed by atoms with Crippen molar-refractivity contribution >= 4 is 12.3 Å². The number of hydrogen-bond acceptors (Lipinski definition) is 2. The number of rotatable bonds is 1. The Morgan fingerprint density at radius 1 is 1.47 bits per heavy atom. The number of carbonyl (C=O) groups is 2. The van der Waals surface area contributed by atoms with Crippen molar-refractivity contribution in [2.24, 2.45) is 17.3 Å². The van der Waals surface area contributed by atoms with Crippen LogP contribution in [-0.2, 0) is 9.59 Å². The average molecular weight is 214 g/mol. The first-order chi connectivity index (χ1) is 7.09. The maximum Gasteiger partial charge on any atom is 0.290 e. The molecule has 3 heteroatoms. The highest BCUT2D eigenvalue weighted by molar-refractivity contribution is 5.93. The fraction of sp³-hybridized carbons (Fsp3) is 0.833. The zero-order chi connectivity index (χ0) is 12.1. The van der Waals surface area contributed by atoms with E-state index in [9.17, 15) is 4.79 Å². The van der Waals surface area contributed by atoms with E-state index in [2.05, 4.69) is 13.8 Å². The molecule has 0 bridgehead atoms. The molecule has 0 aromatic rings. The molecule has 1 N–H and O–H groups in total. The monoisotopic (exact) mass is 214 g/mol. The minimum atomic E-state index is -0.250. The standard InChI is InChI=1S/C9H14O.C2H6.CH2O2/c1-6(2)9-4-3-7(9)5-8(9)10;1-2;2-1-3/h6-7H,3-5H2,1-2H3;1-2H3;1H,(H,2,3). The predicted octanol–water partition coefficient (Wildman–Crippen LogP) is 2.74. The molecular weight excluding hydrogens is 192 g/mol. The van der Waals surface area contributed by atoms with Crippen LogP contribution < -0.4 is 0 Å². The number of fused-ring (bicyclic) bond motifs is 1. The first kappa shape index (κ1) is 14.1. The Morgan fingerprint density at radius 2 is 1.93 bits per heavy atom. The van der Waals surface area contributed by atoms with Gasteiger partial charge in [-0.05, 0) is 24.7 Å². The first-order valence-electron chi connectivity index (χ1n) is 5.70. The minimum absolute atomic E-state index is 0.181. The summed E-state index contributed by atoms with van der Waals surface area (Å²) in [5.41, 5.74) is 0.181. The topological polar surface area (TPSA) is 54.4 Å². The van der Waals surface area contributed by atoms with Crippen molar-refractivity contribution in [3.8, 4) is 0 Å². The number of ketones is 1. The molecule has 0 saturated heterocycles. The molecule has 0 heterocycles. The van der Waals surface area contributed by atoms with Gasteiger partial charge >= 0.3 is 0 Å². The largest absolute Gasteiger partial charge is 0.483 e. The molecule has 2 saturated carbocycles. The van der Waals surface area contributed by atoms with Gasteiger partial charge in [-0.2, -0.15) is 0 Å². The summed E-state index contributed by atoms with van der Waals surface area (Å²) in [4.78, 5) is 19.6. The van der Waals surface area contributed by atoms with Crippen molar-refractivity contribution < 1.29 is 14.7 Å². The third-order valence-corrected chi connectivity index (χ3v) is 3.62. The smallest absolute Gasteiger partial charge is 0.290 e. The zero-order valence-corrected chi connectivity index (χ0v) is 10.1. The van der Waals surface area contributed by atoms with Gasteiger partial charge < -0.3 is 5.11 Å². The van der Waals surface area contributed by atoms with E-state index < -0.39 is 0 Å². The number of Topliss-reactive ketones (excluding diaryl/α,β-unsaturated/α-hetero) is 1. The van der Waals surface area contributed by atoms with Crippen LogP contribution in [0, 0.1) is 17.3 Å². The van der Waals surface area contributed by atoms with Gasteiger partial charge in [0.15, 0.2) is 0 Å². The second-order valence-corrected chi connectivity index (χ2v) is 4.16. The van der Waals surface area contributed by atoms with E-state index in [1.165, 1.54) is 12.8 Å². The molecular formula is C12H22O3. The average Bonchev–Trinajstić information content (AvgIpc) is 2.18. The number of hydrogen-bond donors (Lipinski definition) is 1. The van der Waals surface area contributed by atoms with Crippen LogP contribution in [0.25, 0.3) is 0 Å². The van der Waals surface area contributed by atoms with E-state index in [4.69, 9.17) is 9.90 Å². The van der Waals surface area contributed by atoms with Crippen LogP contribution >= 0.6 is 0 Å². The van der Waals surface area contributed by atoms with Crippen LogP contribution in [0.15, 0.2) is 0 Å². The molecule has 88 valence electrons. The second-order valence-electron chi connectivity index (χ2n) is 4.16. The van der Waals surface area contributed by atoms with E-state index in [1.807, 2.05) is 13.8 Å². The molecule has 2 fully saturated rings. The molecule has 0 aliphatic heterocycles. The highest BCUT2D eigenvalue weighted by Gasteiger charge is 2.61. The van der Waals surface area contributed by atoms with Gasteiger partial charge in [0.25, 0.3) is 6.47 Å². The van der Waals surface area contributed by atoms with Gasteiger partial charge in [0.1, 0.15) is 5.78 Å². The van der Waals surface area contributed by atoms with Crippen LogP contribution in [0.4, 0.5) is 0 Å². The summed E-state index contributed by atoms with van der Waals surface area (Å²) in [6, 6.07) is 0. The Labute approximate surface area is 91.9 Å². The number of carbonyl (C=O) groups excluding carboxylic acids is 1. The molecule has 15 heavy (non-hydrogen) atoms. The fourth-order valence-corrected chi connectivity index (χ4v) is 2.68. The van der Waals surface area contributed by atoms with Gasteiger partial charge in [-0.1, -0.05) is 27.7 Å². The molecule has 2 aliphatic rings. The third-order valence-electron chi connectivity index (χ3n) is 3.62. The van der Waals surface area contributed by atoms with E-state index in [0.29, 0.717) is 11.7 Å². The summed E-state index contributed by atoms with van der Waals surface area (Å²) < 4.78 is 0. The van der Waals surface area contributed by atoms with Crippen molar-refractivity contribution in [1.82, 2.24) is 0 Å². The van der Waals surface area contributed by atoms with Gasteiger partial charge in [0.2, 0.25) is 0 Å². The summed E-state index contributed by atoms with van der Waals surface area (Å²) >= 11 is 0. The van der Waals surface area contributed by atoms with Crippen molar-refractivity contribution in [1.29, 1.82) is 0 Å². The highest BCUT2D eigenvalue weighted by Crippen LogP contribution is 2.62. The summed E-state index contributed by atoms with van der Waals surface area (Å²) in [5, 5.41) is 6.89. The maximum absolute atomic E-state index is 11.3. The Balaban J connectivity index is 0.000000342. The predicted molar refractivity (Wildman–Crippen MR) is 59.7 cm³/mol. The Kier molecular flexibility index (Phi) is 5.55. The summed E-state index contributed by atoms with van der Waals surface area (Å²) in [5.74, 6) is 1.91. The van der Waals surface area contributed by atoms with Crippen molar-refractivity contribution in [2.75, 3.05) is 0 Å². The highest BCUT2D eigenvalue weighted by atomic mass is 16.3. The molecule has 2 aliphatic carbocycles. The molecule has 0 aromatic heterocycles. The molecule has 2 unspecified atom stereocenters. The summed E-state index contributed by atoms with van der Waals surface area (Å²) in [6.07, 6.45) is 3.37. The molecule has 3 nitrogen and oxygen atoms in total. The molecule has 0 spiro atoms. The maximum atomic E-state index is 11.3. The van der Waals surface area contributed by atoms with E-state index >= 15 is 0 Å². The van der Waals surface area contributed by atoms with Crippen LogP contribution in [-0.4, -0.2) is 17.4 Å². The minimum Gasteiger partial charge on any atom is -0.483 e. The van der Waals surface area contributed by atoms with Crippen molar-refractivity contribution in [3.63, 3.8) is 0 Å². The van der Waals surface area contributed by atoms with Crippen LogP contribution in [0.2, 0.25) is 0 Å². The normalized spacial score (nSPS) is 30.7. The lowest BCUT2D eigenvalue weighted by atomic mass is 9.43. The summed E-state index contributed by atoms with van der Waals surface area (Å²) in [6.45, 7) is 8.12. The van der Waals surface area contributed by atoms with Crippen LogP contribution in [0.1, 0.15) is 47.0 Å². The van der Waals surface area contributed by atoms with Crippen LogP contribution in [0.5, 0.6) is 0 Å². The molecule has 0 radical (unpaired) electrons.